The van der Waals surface area contributed by atoms with E-state index in [-0.39, 0.29) is 31.6 Å². The summed E-state index contributed by atoms with van der Waals surface area (Å²) in [6.45, 7) is 1.61. The zero-order chi connectivity index (χ0) is 13.4. The Balaban J connectivity index is 4.04. The largest absolute Gasteiger partial charge is 0.481 e. The van der Waals surface area contributed by atoms with E-state index in [2.05, 4.69) is 5.32 Å². The Morgan fingerprint density at radius 3 is 2.29 bits per heavy atom. The molecule has 0 radical (unpaired) electrons. The molecule has 7 nitrogen and oxygen atoms in total. The number of nitrogens with one attached hydrogen (secondary N) is 1. The molecular weight excluding hydrogens is 226 g/mol. The number of Topliss-reactive ketones (excluding diaryl/α,β-unsaturated/α-hetero) is 1. The quantitative estimate of drug-likeness (QED) is 0.394. The van der Waals surface area contributed by atoms with Gasteiger partial charge in [-0.15, -0.1) is 0 Å². The van der Waals surface area contributed by atoms with Crippen molar-refractivity contribution < 1.29 is 19.5 Å². The van der Waals surface area contributed by atoms with Crippen molar-refractivity contribution in [3.63, 3.8) is 0 Å². The first kappa shape index (κ1) is 15.5. The Morgan fingerprint density at radius 1 is 1.29 bits per heavy atom. The summed E-state index contributed by atoms with van der Waals surface area (Å²) in [4.78, 5) is 32.7. The van der Waals surface area contributed by atoms with Crippen molar-refractivity contribution in [1.29, 1.82) is 0 Å². The second-order valence-electron chi connectivity index (χ2n) is 3.79. The molecule has 6 N–H and O–H groups in total. The lowest BCUT2D eigenvalue weighted by atomic mass is 10.1. The average Bonchev–Trinajstić information content (AvgIpc) is 2.24. The summed E-state index contributed by atoms with van der Waals surface area (Å²) in [6.07, 6.45) is 0.384. The van der Waals surface area contributed by atoms with Crippen LogP contribution in [0.15, 0.2) is 0 Å². The van der Waals surface area contributed by atoms with Crippen molar-refractivity contribution in [3.8, 4) is 0 Å². The standard InChI is InChI=1S/C10H19N3O4/c1-6(13-7(5-11)10(12)17)8(14)3-2-4-9(15)16/h6-7,13H,2-5,11H2,1H3,(H2,12,17)(H,15,16)/t6?,7-/m1/s1. The first-order valence-corrected chi connectivity index (χ1v) is 5.38. The molecule has 0 aromatic heterocycles. The predicted molar refractivity (Wildman–Crippen MR) is 61.1 cm³/mol. The maximum Gasteiger partial charge on any atom is 0.303 e. The zero-order valence-electron chi connectivity index (χ0n) is 9.81. The van der Waals surface area contributed by atoms with Gasteiger partial charge < -0.3 is 16.6 Å². The zero-order valence-corrected chi connectivity index (χ0v) is 9.81. The number of hydrogen-bond donors (Lipinski definition) is 4. The van der Waals surface area contributed by atoms with Gasteiger partial charge in [-0.1, -0.05) is 0 Å². The summed E-state index contributed by atoms with van der Waals surface area (Å²) in [5.74, 6) is -1.71. The Kier molecular flexibility index (Phi) is 7.08. The SMILES string of the molecule is CC(N[C@H](CN)C(N)=O)C(=O)CCCC(=O)O. The van der Waals surface area contributed by atoms with Gasteiger partial charge in [0.25, 0.3) is 0 Å². The van der Waals surface area contributed by atoms with Crippen molar-refractivity contribution in [2.24, 2.45) is 11.5 Å². The van der Waals surface area contributed by atoms with Crippen molar-refractivity contribution in [2.45, 2.75) is 38.3 Å². The van der Waals surface area contributed by atoms with Crippen LogP contribution in [-0.4, -0.2) is 41.4 Å². The molecule has 1 amide bonds. The molecular formula is C10H19N3O4. The Bertz CT molecular complexity index is 293. The monoisotopic (exact) mass is 245 g/mol. The van der Waals surface area contributed by atoms with Gasteiger partial charge in [0.2, 0.25) is 5.91 Å². The minimum atomic E-state index is -0.935. The van der Waals surface area contributed by atoms with Crippen LogP contribution in [0, 0.1) is 0 Å². The number of carboxylic acid groups (broad SMARTS) is 1. The van der Waals surface area contributed by atoms with Gasteiger partial charge in [-0.2, -0.15) is 0 Å². The number of carbonyl (C=O) groups is 3. The molecule has 1 unspecified atom stereocenters. The normalized spacial score (nSPS) is 14.0. The molecule has 0 spiro atoms. The maximum absolute atomic E-state index is 11.6. The van der Waals surface area contributed by atoms with E-state index in [1.165, 1.54) is 0 Å². The van der Waals surface area contributed by atoms with E-state index < -0.39 is 24.0 Å². The average molecular weight is 245 g/mol. The lowest BCUT2D eigenvalue weighted by Gasteiger charge is -2.18. The molecule has 98 valence electrons. The number of ketones is 1. The van der Waals surface area contributed by atoms with Crippen LogP contribution in [0.25, 0.3) is 0 Å². The number of rotatable bonds is 9. The van der Waals surface area contributed by atoms with Crippen LogP contribution in [-0.2, 0) is 14.4 Å². The smallest absolute Gasteiger partial charge is 0.303 e. The molecule has 0 aromatic rings. The topological polar surface area (TPSA) is 136 Å². The number of carbonyl (C=O) groups excluding carboxylic acids is 2. The molecule has 0 aromatic carbocycles. The van der Waals surface area contributed by atoms with E-state index >= 15 is 0 Å². The highest BCUT2D eigenvalue weighted by molar-refractivity contribution is 5.86. The van der Waals surface area contributed by atoms with E-state index in [4.69, 9.17) is 16.6 Å². The molecule has 7 heteroatoms. The third kappa shape index (κ3) is 6.64. The molecule has 2 atom stereocenters. The highest BCUT2D eigenvalue weighted by atomic mass is 16.4. The fraction of sp³-hybridized carbons (Fsp3) is 0.700. The van der Waals surface area contributed by atoms with Gasteiger partial charge in [0.1, 0.15) is 5.78 Å². The van der Waals surface area contributed by atoms with Crippen LogP contribution < -0.4 is 16.8 Å². The Morgan fingerprint density at radius 2 is 1.88 bits per heavy atom. The van der Waals surface area contributed by atoms with Crippen LogP contribution in [0.4, 0.5) is 0 Å². The van der Waals surface area contributed by atoms with E-state index in [1.807, 2.05) is 0 Å². The second-order valence-corrected chi connectivity index (χ2v) is 3.79. The minimum absolute atomic E-state index is 0.0160. The van der Waals surface area contributed by atoms with Gasteiger partial charge >= 0.3 is 5.97 Å². The maximum atomic E-state index is 11.6. The number of nitrogens with two attached hydrogens (primary N) is 2. The predicted octanol–water partition coefficient (Wildman–Crippen LogP) is -1.40. The van der Waals surface area contributed by atoms with Gasteiger partial charge in [-0.25, -0.2) is 0 Å². The van der Waals surface area contributed by atoms with Crippen LogP contribution >= 0.6 is 0 Å². The van der Waals surface area contributed by atoms with Crippen molar-refractivity contribution in [1.82, 2.24) is 5.32 Å². The molecule has 0 aliphatic rings. The van der Waals surface area contributed by atoms with Gasteiger partial charge in [-0.05, 0) is 13.3 Å². The first-order valence-electron chi connectivity index (χ1n) is 5.38. The molecule has 0 aliphatic carbocycles. The van der Waals surface area contributed by atoms with Crippen LogP contribution in [0.5, 0.6) is 0 Å². The third-order valence-electron chi connectivity index (χ3n) is 2.33. The number of amides is 1. The first-order chi connectivity index (χ1) is 7.88. The fourth-order valence-electron chi connectivity index (χ4n) is 1.29. The molecule has 0 saturated carbocycles. The minimum Gasteiger partial charge on any atom is -0.481 e. The molecule has 0 fully saturated rings. The summed E-state index contributed by atoms with van der Waals surface area (Å²) < 4.78 is 0. The van der Waals surface area contributed by atoms with Crippen LogP contribution in [0.1, 0.15) is 26.2 Å². The van der Waals surface area contributed by atoms with Gasteiger partial charge in [0.15, 0.2) is 0 Å². The number of carboxylic acids is 1. The molecule has 0 aliphatic heterocycles. The molecule has 0 saturated heterocycles. The van der Waals surface area contributed by atoms with Gasteiger partial charge in [0.05, 0.1) is 12.1 Å². The van der Waals surface area contributed by atoms with Gasteiger partial charge in [0, 0.05) is 19.4 Å². The number of aliphatic carboxylic acids is 1. The van der Waals surface area contributed by atoms with Crippen LogP contribution in [0.2, 0.25) is 0 Å². The van der Waals surface area contributed by atoms with E-state index in [0.29, 0.717) is 0 Å². The molecule has 17 heavy (non-hydrogen) atoms. The molecule has 0 heterocycles. The number of hydrogen-bond acceptors (Lipinski definition) is 5. The Hall–Kier alpha value is -1.47. The van der Waals surface area contributed by atoms with Crippen molar-refractivity contribution >= 4 is 17.7 Å². The summed E-state index contributed by atoms with van der Waals surface area (Å²) in [5, 5.41) is 11.1. The summed E-state index contributed by atoms with van der Waals surface area (Å²) >= 11 is 0. The fourth-order valence-corrected chi connectivity index (χ4v) is 1.29. The van der Waals surface area contributed by atoms with E-state index in [1.54, 1.807) is 6.92 Å². The summed E-state index contributed by atoms with van der Waals surface area (Å²) in [6, 6.07) is -1.31. The van der Waals surface area contributed by atoms with Crippen LogP contribution in [0.3, 0.4) is 0 Å². The van der Waals surface area contributed by atoms with E-state index in [0.717, 1.165) is 0 Å². The van der Waals surface area contributed by atoms with Crippen molar-refractivity contribution in [2.75, 3.05) is 6.54 Å². The highest BCUT2D eigenvalue weighted by Crippen LogP contribution is 2.00. The lowest BCUT2D eigenvalue weighted by molar-refractivity contribution is -0.137. The lowest BCUT2D eigenvalue weighted by Crippen LogP contribution is -2.51. The summed E-state index contributed by atoms with van der Waals surface area (Å²) in [5.41, 5.74) is 10.4. The number of primary amides is 1. The third-order valence-corrected chi connectivity index (χ3v) is 2.33. The highest BCUT2D eigenvalue weighted by Gasteiger charge is 2.20. The molecule has 0 rings (SSSR count). The second kappa shape index (κ2) is 7.75. The molecule has 0 bridgehead atoms. The van der Waals surface area contributed by atoms with Crippen molar-refractivity contribution in [3.05, 3.63) is 0 Å². The van der Waals surface area contributed by atoms with E-state index in [9.17, 15) is 14.4 Å². The summed E-state index contributed by atoms with van der Waals surface area (Å²) in [7, 11) is 0. The van der Waals surface area contributed by atoms with Gasteiger partial charge in [-0.3, -0.25) is 19.7 Å². The Labute approximate surface area is 99.5 Å².